The number of furan rings is 1. The van der Waals surface area contributed by atoms with Gasteiger partial charge in [0, 0.05) is 25.8 Å². The van der Waals surface area contributed by atoms with Gasteiger partial charge in [0.2, 0.25) is 0 Å². The number of nitrogens with zero attached hydrogens (tertiary/aromatic N) is 3. The lowest BCUT2D eigenvalue weighted by Crippen LogP contribution is -2.41. The van der Waals surface area contributed by atoms with E-state index in [2.05, 4.69) is 15.5 Å². The van der Waals surface area contributed by atoms with Gasteiger partial charge in [-0.3, -0.25) is 10.00 Å². The van der Waals surface area contributed by atoms with Crippen molar-refractivity contribution in [3.63, 3.8) is 0 Å². The number of urea groups is 1. The van der Waals surface area contributed by atoms with Gasteiger partial charge >= 0.3 is 6.03 Å². The zero-order chi connectivity index (χ0) is 18.4. The molecule has 2 rings (SSSR count). The highest BCUT2D eigenvalue weighted by atomic mass is 16.3. The fourth-order valence-corrected chi connectivity index (χ4v) is 2.87. The van der Waals surface area contributed by atoms with Crippen LogP contribution in [0.4, 0.5) is 4.79 Å². The topological polar surface area (TPSA) is 77.4 Å². The second-order valence-corrected chi connectivity index (χ2v) is 6.62. The summed E-state index contributed by atoms with van der Waals surface area (Å²) in [5.41, 5.74) is 3.40. The molecule has 2 aromatic rings. The molecule has 138 valence electrons. The van der Waals surface area contributed by atoms with Crippen molar-refractivity contribution in [1.29, 1.82) is 0 Å². The Kier molecular flexibility index (Phi) is 6.64. The summed E-state index contributed by atoms with van der Waals surface area (Å²) in [7, 11) is 5.76. The van der Waals surface area contributed by atoms with Gasteiger partial charge < -0.3 is 14.6 Å². The van der Waals surface area contributed by atoms with Crippen LogP contribution in [-0.4, -0.2) is 60.3 Å². The summed E-state index contributed by atoms with van der Waals surface area (Å²) >= 11 is 0. The fraction of sp³-hybridized carbons (Fsp3) is 0.556. The molecule has 7 heteroatoms. The Morgan fingerprint density at radius 2 is 2.12 bits per heavy atom. The SMILES string of the molecule is Cc1n[nH]c(C)c1CCCN(C)C(=O)NC[C@H](c1ccco1)N(C)C. The number of hydrogen-bond acceptors (Lipinski definition) is 4. The van der Waals surface area contributed by atoms with Crippen molar-refractivity contribution >= 4 is 6.03 Å². The zero-order valence-corrected chi connectivity index (χ0v) is 15.8. The van der Waals surface area contributed by atoms with E-state index in [9.17, 15) is 4.79 Å². The summed E-state index contributed by atoms with van der Waals surface area (Å²) in [5.74, 6) is 0.846. The van der Waals surface area contributed by atoms with E-state index in [0.717, 1.165) is 30.0 Å². The van der Waals surface area contributed by atoms with Gasteiger partial charge in [-0.15, -0.1) is 0 Å². The van der Waals surface area contributed by atoms with Crippen LogP contribution in [0.15, 0.2) is 22.8 Å². The van der Waals surface area contributed by atoms with Crippen molar-refractivity contribution in [3.8, 4) is 0 Å². The Balaban J connectivity index is 1.78. The number of likely N-dealkylation sites (N-methyl/N-ethyl adjacent to an activating group) is 1. The predicted octanol–water partition coefficient (Wildman–Crippen LogP) is 2.50. The van der Waals surface area contributed by atoms with Gasteiger partial charge in [0.15, 0.2) is 0 Å². The summed E-state index contributed by atoms with van der Waals surface area (Å²) in [5, 5.41) is 10.2. The van der Waals surface area contributed by atoms with Crippen molar-refractivity contribution in [2.75, 3.05) is 34.2 Å². The largest absolute Gasteiger partial charge is 0.468 e. The van der Waals surface area contributed by atoms with Crippen LogP contribution >= 0.6 is 0 Å². The first kappa shape index (κ1) is 19.1. The van der Waals surface area contributed by atoms with E-state index in [0.29, 0.717) is 13.1 Å². The van der Waals surface area contributed by atoms with Crippen LogP contribution in [0.3, 0.4) is 0 Å². The molecule has 7 nitrogen and oxygen atoms in total. The smallest absolute Gasteiger partial charge is 0.317 e. The maximum atomic E-state index is 12.3. The van der Waals surface area contributed by atoms with Crippen molar-refractivity contribution in [1.82, 2.24) is 25.3 Å². The van der Waals surface area contributed by atoms with Crippen LogP contribution in [0.1, 0.15) is 35.2 Å². The van der Waals surface area contributed by atoms with Gasteiger partial charge in [-0.2, -0.15) is 5.10 Å². The highest BCUT2D eigenvalue weighted by Crippen LogP contribution is 2.17. The second-order valence-electron chi connectivity index (χ2n) is 6.62. The van der Waals surface area contributed by atoms with E-state index < -0.39 is 0 Å². The number of H-pyrrole nitrogens is 1. The lowest BCUT2D eigenvalue weighted by molar-refractivity contribution is 0.198. The number of carbonyl (C=O) groups excluding carboxylic acids is 1. The summed E-state index contributed by atoms with van der Waals surface area (Å²) in [6.45, 7) is 5.24. The molecule has 25 heavy (non-hydrogen) atoms. The molecular formula is C18H29N5O2. The molecule has 2 amide bonds. The number of aromatic nitrogens is 2. The van der Waals surface area contributed by atoms with E-state index in [1.54, 1.807) is 11.2 Å². The van der Waals surface area contributed by atoms with Gasteiger partial charge in [-0.05, 0) is 58.5 Å². The van der Waals surface area contributed by atoms with Crippen molar-refractivity contribution < 1.29 is 9.21 Å². The fourth-order valence-electron chi connectivity index (χ4n) is 2.87. The monoisotopic (exact) mass is 347 g/mol. The average molecular weight is 347 g/mol. The van der Waals surface area contributed by atoms with Crippen LogP contribution in [0.25, 0.3) is 0 Å². The summed E-state index contributed by atoms with van der Waals surface area (Å²) in [6, 6.07) is 3.73. The van der Waals surface area contributed by atoms with Crippen LogP contribution in [0.2, 0.25) is 0 Å². The highest BCUT2D eigenvalue weighted by molar-refractivity contribution is 5.73. The maximum Gasteiger partial charge on any atom is 0.317 e. The zero-order valence-electron chi connectivity index (χ0n) is 15.8. The van der Waals surface area contributed by atoms with Crippen LogP contribution in [0.5, 0.6) is 0 Å². The Bertz CT molecular complexity index is 644. The number of aryl methyl sites for hydroxylation is 2. The number of aromatic amines is 1. The van der Waals surface area contributed by atoms with E-state index in [-0.39, 0.29) is 12.1 Å². The quantitative estimate of drug-likeness (QED) is 0.769. The number of hydrogen-bond donors (Lipinski definition) is 2. The third kappa shape index (κ3) is 5.09. The minimum atomic E-state index is -0.0703. The molecule has 0 aliphatic carbocycles. The number of nitrogens with one attached hydrogen (secondary N) is 2. The van der Waals surface area contributed by atoms with Crippen molar-refractivity contribution in [2.45, 2.75) is 32.7 Å². The Labute approximate surface area is 149 Å². The molecule has 0 aliphatic rings. The molecule has 2 aromatic heterocycles. The van der Waals surface area contributed by atoms with E-state index in [4.69, 9.17) is 4.42 Å². The standard InChI is InChI=1S/C18H29N5O2/c1-13-15(14(2)21-20-13)8-6-10-23(5)18(24)19-12-16(22(3)4)17-9-7-11-25-17/h7,9,11,16H,6,8,10,12H2,1-5H3,(H,19,24)(H,20,21)/t16-/m1/s1. The molecule has 0 aliphatic heterocycles. The normalized spacial score (nSPS) is 12.4. The molecule has 0 saturated heterocycles. The number of amides is 2. The number of rotatable bonds is 8. The first-order chi connectivity index (χ1) is 11.9. The van der Waals surface area contributed by atoms with Crippen molar-refractivity contribution in [2.24, 2.45) is 0 Å². The molecule has 0 aromatic carbocycles. The van der Waals surface area contributed by atoms with Gasteiger partial charge in [-0.25, -0.2) is 4.79 Å². The van der Waals surface area contributed by atoms with Crippen LogP contribution in [-0.2, 0) is 6.42 Å². The molecule has 0 spiro atoms. The Morgan fingerprint density at radius 3 is 2.68 bits per heavy atom. The minimum absolute atomic E-state index is 0.0172. The maximum absolute atomic E-state index is 12.3. The summed E-state index contributed by atoms with van der Waals surface area (Å²) in [6.07, 6.45) is 3.47. The molecule has 2 heterocycles. The first-order valence-corrected chi connectivity index (χ1v) is 8.59. The Morgan fingerprint density at radius 1 is 1.36 bits per heavy atom. The van der Waals surface area contributed by atoms with Crippen LogP contribution < -0.4 is 5.32 Å². The third-order valence-corrected chi connectivity index (χ3v) is 4.49. The van der Waals surface area contributed by atoms with Gasteiger partial charge in [0.05, 0.1) is 18.0 Å². The molecule has 0 radical (unpaired) electrons. The van der Waals surface area contributed by atoms with Gasteiger partial charge in [0.25, 0.3) is 0 Å². The van der Waals surface area contributed by atoms with Crippen LogP contribution in [0, 0.1) is 13.8 Å². The molecule has 2 N–H and O–H groups in total. The molecule has 1 atom stereocenters. The van der Waals surface area contributed by atoms with E-state index in [1.165, 1.54) is 5.56 Å². The lowest BCUT2D eigenvalue weighted by atomic mass is 10.1. The minimum Gasteiger partial charge on any atom is -0.468 e. The molecule has 0 saturated carbocycles. The third-order valence-electron chi connectivity index (χ3n) is 4.49. The first-order valence-electron chi connectivity index (χ1n) is 8.59. The second kappa shape index (κ2) is 8.71. The molecule has 0 bridgehead atoms. The highest BCUT2D eigenvalue weighted by Gasteiger charge is 2.19. The van der Waals surface area contributed by atoms with E-state index >= 15 is 0 Å². The molecule has 0 unspecified atom stereocenters. The summed E-state index contributed by atoms with van der Waals surface area (Å²) in [4.78, 5) is 16.1. The average Bonchev–Trinajstić information content (AvgIpc) is 3.19. The number of carbonyl (C=O) groups is 1. The predicted molar refractivity (Wildman–Crippen MR) is 97.5 cm³/mol. The summed E-state index contributed by atoms with van der Waals surface area (Å²) < 4.78 is 5.46. The Hall–Kier alpha value is -2.28. The van der Waals surface area contributed by atoms with E-state index in [1.807, 2.05) is 52.0 Å². The van der Waals surface area contributed by atoms with Gasteiger partial charge in [-0.1, -0.05) is 0 Å². The van der Waals surface area contributed by atoms with Gasteiger partial charge in [0.1, 0.15) is 5.76 Å². The lowest BCUT2D eigenvalue weighted by Gasteiger charge is -2.24. The van der Waals surface area contributed by atoms with Crippen molar-refractivity contribution in [3.05, 3.63) is 41.1 Å². The molecule has 0 fully saturated rings. The molecular weight excluding hydrogens is 318 g/mol.